The molecule has 1 aromatic rings. The SMILES string of the molecule is [CH]=C=Cc1cccc(CC)c1. The summed E-state index contributed by atoms with van der Waals surface area (Å²) in [5.41, 5.74) is 4.96. The molecule has 0 bridgehead atoms. The molecule has 0 aromatic heterocycles. The Morgan fingerprint density at radius 2 is 2.36 bits per heavy atom. The highest BCUT2D eigenvalue weighted by molar-refractivity contribution is 5.49. The van der Waals surface area contributed by atoms with Gasteiger partial charge in [0.05, 0.1) is 0 Å². The summed E-state index contributed by atoms with van der Waals surface area (Å²) >= 11 is 0. The van der Waals surface area contributed by atoms with Crippen molar-refractivity contribution in [1.82, 2.24) is 0 Å². The topological polar surface area (TPSA) is 0 Å². The smallest absolute Gasteiger partial charge is 0.0122 e. The van der Waals surface area contributed by atoms with Gasteiger partial charge in [-0.3, -0.25) is 0 Å². The number of aryl methyl sites for hydroxylation is 1. The minimum atomic E-state index is 1.06. The molecule has 0 aliphatic rings. The van der Waals surface area contributed by atoms with Crippen LogP contribution in [0, 0.1) is 6.58 Å². The zero-order valence-electron chi connectivity index (χ0n) is 6.67. The largest absolute Gasteiger partial charge is 0.120 e. The lowest BCUT2D eigenvalue weighted by Crippen LogP contribution is -1.79. The Morgan fingerprint density at radius 3 is 3.00 bits per heavy atom. The normalized spacial score (nSPS) is 8.82. The lowest BCUT2D eigenvalue weighted by atomic mass is 10.1. The molecule has 0 heterocycles. The molecule has 0 amide bonds. The summed E-state index contributed by atoms with van der Waals surface area (Å²) in [6.45, 7) is 7.28. The first-order valence-electron chi connectivity index (χ1n) is 3.75. The Hall–Kier alpha value is -1.26. The van der Waals surface area contributed by atoms with Gasteiger partial charge in [0.25, 0.3) is 0 Å². The number of rotatable bonds is 2. The number of hydrogen-bond donors (Lipinski definition) is 0. The summed E-state index contributed by atoms with van der Waals surface area (Å²) in [6.07, 6.45) is 2.84. The lowest BCUT2D eigenvalue weighted by Gasteiger charge is -1.96. The van der Waals surface area contributed by atoms with Gasteiger partial charge < -0.3 is 0 Å². The van der Waals surface area contributed by atoms with E-state index in [0.29, 0.717) is 0 Å². The van der Waals surface area contributed by atoms with E-state index in [1.54, 1.807) is 6.08 Å². The van der Waals surface area contributed by atoms with E-state index < -0.39 is 0 Å². The molecule has 0 saturated carbocycles. The molecule has 0 fully saturated rings. The van der Waals surface area contributed by atoms with Crippen molar-refractivity contribution in [2.24, 2.45) is 0 Å². The predicted octanol–water partition coefficient (Wildman–Crippen LogP) is 2.85. The first kappa shape index (κ1) is 7.84. The molecular weight excluding hydrogens is 132 g/mol. The van der Waals surface area contributed by atoms with Crippen LogP contribution in [0.25, 0.3) is 6.08 Å². The molecule has 0 aliphatic carbocycles. The fourth-order valence-corrected chi connectivity index (χ4v) is 0.999. The van der Waals surface area contributed by atoms with Gasteiger partial charge in [-0.05, 0) is 30.2 Å². The van der Waals surface area contributed by atoms with Crippen LogP contribution in [0.15, 0.2) is 30.0 Å². The molecule has 0 N–H and O–H groups in total. The third kappa shape index (κ3) is 2.10. The Balaban J connectivity index is 3.00. The van der Waals surface area contributed by atoms with Crippen LogP contribution in [0.2, 0.25) is 0 Å². The molecule has 0 unspecified atom stereocenters. The summed E-state index contributed by atoms with van der Waals surface area (Å²) in [5, 5.41) is 0. The fraction of sp³-hybridized carbons (Fsp3) is 0.182. The average molecular weight is 143 g/mol. The Morgan fingerprint density at radius 1 is 1.55 bits per heavy atom. The van der Waals surface area contributed by atoms with Gasteiger partial charge in [0, 0.05) is 0 Å². The third-order valence-corrected chi connectivity index (χ3v) is 1.61. The zero-order valence-corrected chi connectivity index (χ0v) is 6.67. The molecule has 0 nitrogen and oxygen atoms in total. The van der Waals surface area contributed by atoms with Gasteiger partial charge in [-0.1, -0.05) is 31.2 Å². The van der Waals surface area contributed by atoms with E-state index >= 15 is 0 Å². The van der Waals surface area contributed by atoms with Crippen molar-refractivity contribution in [3.05, 3.63) is 47.7 Å². The molecule has 1 aromatic carbocycles. The van der Waals surface area contributed by atoms with Crippen LogP contribution in [0.3, 0.4) is 0 Å². The molecule has 11 heavy (non-hydrogen) atoms. The van der Waals surface area contributed by atoms with E-state index in [-0.39, 0.29) is 0 Å². The summed E-state index contributed by atoms with van der Waals surface area (Å²) < 4.78 is 0. The van der Waals surface area contributed by atoms with E-state index in [0.717, 1.165) is 12.0 Å². The quantitative estimate of drug-likeness (QED) is 0.558. The van der Waals surface area contributed by atoms with Crippen molar-refractivity contribution in [2.45, 2.75) is 13.3 Å². The Labute approximate surface area is 67.9 Å². The van der Waals surface area contributed by atoms with Crippen LogP contribution < -0.4 is 0 Å². The van der Waals surface area contributed by atoms with Crippen LogP contribution in [-0.4, -0.2) is 0 Å². The van der Waals surface area contributed by atoms with Gasteiger partial charge >= 0.3 is 0 Å². The number of hydrogen-bond acceptors (Lipinski definition) is 0. The van der Waals surface area contributed by atoms with Crippen LogP contribution in [0.5, 0.6) is 0 Å². The van der Waals surface area contributed by atoms with Crippen LogP contribution in [0.4, 0.5) is 0 Å². The van der Waals surface area contributed by atoms with Gasteiger partial charge in [0.15, 0.2) is 0 Å². The second-order valence-electron chi connectivity index (χ2n) is 2.41. The van der Waals surface area contributed by atoms with E-state index in [9.17, 15) is 0 Å². The average Bonchev–Trinajstić information content (AvgIpc) is 2.06. The van der Waals surface area contributed by atoms with Gasteiger partial charge in [-0.15, -0.1) is 5.73 Å². The molecule has 55 valence electrons. The van der Waals surface area contributed by atoms with Crippen LogP contribution in [0.1, 0.15) is 18.1 Å². The first-order chi connectivity index (χ1) is 5.36. The van der Waals surface area contributed by atoms with Crippen LogP contribution in [-0.2, 0) is 6.42 Å². The van der Waals surface area contributed by atoms with Crippen molar-refractivity contribution in [1.29, 1.82) is 0 Å². The van der Waals surface area contributed by atoms with Crippen molar-refractivity contribution in [2.75, 3.05) is 0 Å². The van der Waals surface area contributed by atoms with Crippen molar-refractivity contribution < 1.29 is 0 Å². The second-order valence-corrected chi connectivity index (χ2v) is 2.41. The zero-order chi connectivity index (χ0) is 8.10. The summed E-state index contributed by atoms with van der Waals surface area (Å²) in [6, 6.07) is 8.26. The highest BCUT2D eigenvalue weighted by atomic mass is 13.9. The monoisotopic (exact) mass is 143 g/mol. The molecule has 0 spiro atoms. The van der Waals surface area contributed by atoms with Crippen molar-refractivity contribution >= 4 is 6.08 Å². The fourth-order valence-electron chi connectivity index (χ4n) is 0.999. The van der Waals surface area contributed by atoms with E-state index in [1.165, 1.54) is 5.56 Å². The van der Waals surface area contributed by atoms with Gasteiger partial charge in [0.1, 0.15) is 0 Å². The molecule has 0 heteroatoms. The van der Waals surface area contributed by atoms with E-state index in [4.69, 9.17) is 6.58 Å². The standard InChI is InChI=1S/C11H11/c1-3-6-11-8-5-7-10(4-2)9-11/h1,5-9H,4H2,2H3. The minimum absolute atomic E-state index is 1.06. The Kier molecular flexibility index (Phi) is 2.71. The molecule has 1 radical (unpaired) electrons. The first-order valence-corrected chi connectivity index (χ1v) is 3.75. The highest BCUT2D eigenvalue weighted by Crippen LogP contribution is 2.06. The van der Waals surface area contributed by atoms with Crippen molar-refractivity contribution in [3.8, 4) is 0 Å². The van der Waals surface area contributed by atoms with Gasteiger partial charge in [-0.2, -0.15) is 0 Å². The molecule has 0 aliphatic heterocycles. The molecule has 1 rings (SSSR count). The minimum Gasteiger partial charge on any atom is -0.120 e. The highest BCUT2D eigenvalue weighted by Gasteiger charge is 1.88. The third-order valence-electron chi connectivity index (χ3n) is 1.61. The van der Waals surface area contributed by atoms with E-state index in [1.807, 2.05) is 12.1 Å². The maximum atomic E-state index is 5.15. The summed E-state index contributed by atoms with van der Waals surface area (Å²) in [5.74, 6) is 0. The van der Waals surface area contributed by atoms with Gasteiger partial charge in [-0.25, -0.2) is 0 Å². The maximum Gasteiger partial charge on any atom is -0.0122 e. The van der Waals surface area contributed by atoms with Crippen molar-refractivity contribution in [3.63, 3.8) is 0 Å². The molecular formula is C11H11. The molecule has 0 atom stereocenters. The predicted molar refractivity (Wildman–Crippen MR) is 48.1 cm³/mol. The maximum absolute atomic E-state index is 5.15. The molecule has 0 saturated heterocycles. The van der Waals surface area contributed by atoms with Gasteiger partial charge in [0.2, 0.25) is 0 Å². The Bertz CT molecular complexity index is 278. The summed E-state index contributed by atoms with van der Waals surface area (Å²) in [4.78, 5) is 0. The van der Waals surface area contributed by atoms with Crippen LogP contribution >= 0.6 is 0 Å². The summed E-state index contributed by atoms with van der Waals surface area (Å²) in [7, 11) is 0. The lowest BCUT2D eigenvalue weighted by molar-refractivity contribution is 1.14. The second kappa shape index (κ2) is 3.80. The number of benzene rings is 1. The van der Waals surface area contributed by atoms with E-state index in [2.05, 4.69) is 24.8 Å².